The molecule has 1 amide bonds. The van der Waals surface area contributed by atoms with Crippen molar-refractivity contribution < 1.29 is 14.3 Å². The lowest BCUT2D eigenvalue weighted by molar-refractivity contribution is 0.0759. The molecule has 1 aliphatic rings. The molecule has 1 N–H and O–H groups in total. The summed E-state index contributed by atoms with van der Waals surface area (Å²) in [6.45, 7) is 0.935. The Morgan fingerprint density at radius 3 is 2.78 bits per heavy atom. The summed E-state index contributed by atoms with van der Waals surface area (Å²) in [5, 5.41) is 15.9. The molecule has 134 valence electrons. The van der Waals surface area contributed by atoms with Crippen LogP contribution in [0.1, 0.15) is 15.9 Å². The first-order valence-corrected chi connectivity index (χ1v) is 8.44. The molecule has 2 heterocycles. The minimum atomic E-state index is -0.259. The summed E-state index contributed by atoms with van der Waals surface area (Å²) in [7, 11) is 0. The molecular weight excluding hydrogens is 344 g/mol. The maximum Gasteiger partial charge on any atom is 0.255 e. The van der Waals surface area contributed by atoms with Gasteiger partial charge >= 0.3 is 0 Å². The van der Waals surface area contributed by atoms with Crippen LogP contribution in [0.4, 0.5) is 5.69 Å². The number of aromatic nitrogens is 2. The van der Waals surface area contributed by atoms with Gasteiger partial charge in [0.05, 0.1) is 30.1 Å². The predicted octanol–water partition coefficient (Wildman–Crippen LogP) is 2.85. The molecule has 0 spiro atoms. The normalized spacial score (nSPS) is 15.0. The number of nitrogens with zero attached hydrogens (tertiary/aromatic N) is 3. The van der Waals surface area contributed by atoms with E-state index in [1.54, 1.807) is 41.3 Å². The SMILES string of the molecule is N#Cc1ccc(C(=O)Nc2cnn(CC3COc4ccccc4O3)c2)cc1. The van der Waals surface area contributed by atoms with E-state index in [0.29, 0.717) is 30.0 Å². The molecular formula is C20H16N4O3. The highest BCUT2D eigenvalue weighted by atomic mass is 16.6. The molecule has 4 rings (SSSR count). The Kier molecular flexibility index (Phi) is 4.45. The highest BCUT2D eigenvalue weighted by Crippen LogP contribution is 2.31. The number of benzene rings is 2. The van der Waals surface area contributed by atoms with Gasteiger partial charge in [-0.1, -0.05) is 12.1 Å². The van der Waals surface area contributed by atoms with Gasteiger partial charge in [-0.2, -0.15) is 10.4 Å². The van der Waals surface area contributed by atoms with Gasteiger partial charge in [0.1, 0.15) is 6.61 Å². The number of rotatable bonds is 4. The first-order valence-electron chi connectivity index (χ1n) is 8.44. The Labute approximate surface area is 155 Å². The maximum absolute atomic E-state index is 12.3. The number of nitrogens with one attached hydrogen (secondary N) is 1. The number of hydrogen-bond donors (Lipinski definition) is 1. The summed E-state index contributed by atoms with van der Waals surface area (Å²) in [5.41, 5.74) is 1.57. The molecule has 7 heteroatoms. The summed E-state index contributed by atoms with van der Waals surface area (Å²) < 4.78 is 13.3. The number of nitriles is 1. The van der Waals surface area contributed by atoms with Gasteiger partial charge in [-0.25, -0.2) is 0 Å². The highest BCUT2D eigenvalue weighted by molar-refractivity contribution is 6.04. The lowest BCUT2D eigenvalue weighted by atomic mass is 10.1. The fourth-order valence-corrected chi connectivity index (χ4v) is 2.79. The van der Waals surface area contributed by atoms with E-state index in [-0.39, 0.29) is 12.0 Å². The lowest BCUT2D eigenvalue weighted by Gasteiger charge is -2.26. The Balaban J connectivity index is 1.37. The Morgan fingerprint density at radius 1 is 1.22 bits per heavy atom. The van der Waals surface area contributed by atoms with E-state index in [1.807, 2.05) is 30.3 Å². The van der Waals surface area contributed by atoms with E-state index in [4.69, 9.17) is 14.7 Å². The van der Waals surface area contributed by atoms with Crippen LogP contribution in [0.15, 0.2) is 60.9 Å². The molecule has 0 aliphatic carbocycles. The topological polar surface area (TPSA) is 89.2 Å². The third-order valence-corrected chi connectivity index (χ3v) is 4.13. The smallest absolute Gasteiger partial charge is 0.255 e. The van der Waals surface area contributed by atoms with E-state index in [1.165, 1.54) is 0 Å². The Hall–Kier alpha value is -3.79. The average molecular weight is 360 g/mol. The second kappa shape index (κ2) is 7.22. The molecule has 0 saturated carbocycles. The molecule has 1 aromatic heterocycles. The van der Waals surface area contributed by atoms with Gasteiger partial charge in [0.25, 0.3) is 5.91 Å². The maximum atomic E-state index is 12.3. The largest absolute Gasteiger partial charge is 0.486 e. The molecule has 7 nitrogen and oxygen atoms in total. The van der Waals surface area contributed by atoms with Crippen LogP contribution < -0.4 is 14.8 Å². The summed E-state index contributed by atoms with van der Waals surface area (Å²) in [6.07, 6.45) is 3.16. The van der Waals surface area contributed by atoms with Crippen molar-refractivity contribution in [3.8, 4) is 17.6 Å². The summed E-state index contributed by atoms with van der Waals surface area (Å²) >= 11 is 0. The van der Waals surface area contributed by atoms with Crippen molar-refractivity contribution in [2.45, 2.75) is 12.6 Å². The quantitative estimate of drug-likeness (QED) is 0.773. The number of ether oxygens (including phenoxy) is 2. The van der Waals surface area contributed by atoms with Crippen molar-refractivity contribution in [1.82, 2.24) is 9.78 Å². The number of amides is 1. The average Bonchev–Trinajstić information content (AvgIpc) is 3.14. The van der Waals surface area contributed by atoms with Crippen LogP contribution in [0.5, 0.6) is 11.5 Å². The van der Waals surface area contributed by atoms with Crippen LogP contribution in [-0.4, -0.2) is 28.4 Å². The zero-order chi connectivity index (χ0) is 18.6. The van der Waals surface area contributed by atoms with Gasteiger partial charge in [-0.05, 0) is 36.4 Å². The van der Waals surface area contributed by atoms with Gasteiger partial charge in [-0.3, -0.25) is 9.48 Å². The van der Waals surface area contributed by atoms with Crippen molar-refractivity contribution in [2.24, 2.45) is 0 Å². The third-order valence-electron chi connectivity index (χ3n) is 4.13. The molecule has 0 fully saturated rings. The molecule has 1 atom stereocenters. The highest BCUT2D eigenvalue weighted by Gasteiger charge is 2.21. The molecule has 27 heavy (non-hydrogen) atoms. The molecule has 2 aromatic carbocycles. The Morgan fingerprint density at radius 2 is 2.00 bits per heavy atom. The van der Waals surface area contributed by atoms with Gasteiger partial charge in [0.2, 0.25) is 0 Å². The van der Waals surface area contributed by atoms with Crippen LogP contribution in [-0.2, 0) is 6.54 Å². The minimum absolute atomic E-state index is 0.165. The van der Waals surface area contributed by atoms with E-state index in [9.17, 15) is 4.79 Å². The summed E-state index contributed by atoms with van der Waals surface area (Å²) in [4.78, 5) is 12.3. The number of para-hydroxylation sites is 2. The summed E-state index contributed by atoms with van der Waals surface area (Å²) in [5.74, 6) is 1.20. The van der Waals surface area contributed by atoms with Crippen LogP contribution in [0.3, 0.4) is 0 Å². The zero-order valence-electron chi connectivity index (χ0n) is 14.3. The number of hydrogen-bond acceptors (Lipinski definition) is 5. The molecule has 3 aromatic rings. The van der Waals surface area contributed by atoms with Crippen LogP contribution in [0.25, 0.3) is 0 Å². The number of anilines is 1. The Bertz CT molecular complexity index is 1000. The first-order chi connectivity index (χ1) is 13.2. The second-order valence-electron chi connectivity index (χ2n) is 6.09. The lowest BCUT2D eigenvalue weighted by Crippen LogP contribution is -2.33. The zero-order valence-corrected chi connectivity index (χ0v) is 14.3. The van der Waals surface area contributed by atoms with Gasteiger partial charge < -0.3 is 14.8 Å². The summed E-state index contributed by atoms with van der Waals surface area (Å²) in [6, 6.07) is 16.0. The van der Waals surface area contributed by atoms with E-state index < -0.39 is 0 Å². The fraction of sp³-hybridized carbons (Fsp3) is 0.150. The van der Waals surface area contributed by atoms with E-state index in [0.717, 1.165) is 11.5 Å². The van der Waals surface area contributed by atoms with Crippen molar-refractivity contribution in [3.05, 3.63) is 72.1 Å². The van der Waals surface area contributed by atoms with Crippen molar-refractivity contribution in [1.29, 1.82) is 5.26 Å². The molecule has 1 unspecified atom stereocenters. The standard InChI is InChI=1S/C20H16N4O3/c21-9-14-5-7-15(8-6-14)20(25)23-16-10-22-24(11-16)12-17-13-26-18-3-1-2-4-19(18)27-17/h1-8,10-11,17H,12-13H2,(H,23,25). The monoisotopic (exact) mass is 360 g/mol. The number of carbonyl (C=O) groups is 1. The second-order valence-corrected chi connectivity index (χ2v) is 6.09. The number of fused-ring (bicyclic) bond motifs is 1. The molecule has 1 aliphatic heterocycles. The van der Waals surface area contributed by atoms with Crippen molar-refractivity contribution in [3.63, 3.8) is 0 Å². The van der Waals surface area contributed by atoms with E-state index >= 15 is 0 Å². The fourth-order valence-electron chi connectivity index (χ4n) is 2.79. The van der Waals surface area contributed by atoms with Gasteiger partial charge in [0.15, 0.2) is 17.6 Å². The van der Waals surface area contributed by atoms with Crippen LogP contribution >= 0.6 is 0 Å². The van der Waals surface area contributed by atoms with Crippen molar-refractivity contribution >= 4 is 11.6 Å². The van der Waals surface area contributed by atoms with Gasteiger partial charge in [-0.15, -0.1) is 0 Å². The molecule has 0 saturated heterocycles. The third kappa shape index (κ3) is 3.75. The van der Waals surface area contributed by atoms with Gasteiger partial charge in [0, 0.05) is 11.8 Å². The molecule has 0 bridgehead atoms. The van der Waals surface area contributed by atoms with Crippen molar-refractivity contribution in [2.75, 3.05) is 11.9 Å². The first kappa shape index (κ1) is 16.7. The number of carbonyl (C=O) groups excluding carboxylic acids is 1. The van der Waals surface area contributed by atoms with E-state index in [2.05, 4.69) is 10.4 Å². The van der Waals surface area contributed by atoms with Crippen LogP contribution in [0.2, 0.25) is 0 Å². The predicted molar refractivity (Wildman–Crippen MR) is 97.7 cm³/mol. The van der Waals surface area contributed by atoms with Crippen LogP contribution in [0, 0.1) is 11.3 Å². The molecule has 0 radical (unpaired) electrons. The minimum Gasteiger partial charge on any atom is -0.486 e.